The lowest BCUT2D eigenvalue weighted by Crippen LogP contribution is -2.23. The summed E-state index contributed by atoms with van der Waals surface area (Å²) in [4.78, 5) is 14.5. The molecule has 4 rings (SSSR count). The van der Waals surface area contributed by atoms with Crippen LogP contribution in [0, 0.1) is 0 Å². The molecule has 0 saturated carbocycles. The summed E-state index contributed by atoms with van der Waals surface area (Å²) in [7, 11) is -3.73. The van der Waals surface area contributed by atoms with E-state index in [1.165, 1.54) is 29.5 Å². The van der Waals surface area contributed by atoms with E-state index in [1.54, 1.807) is 23.5 Å². The minimum absolute atomic E-state index is 0.0306. The van der Waals surface area contributed by atoms with Gasteiger partial charge < -0.3 is 5.32 Å². The fourth-order valence-electron chi connectivity index (χ4n) is 2.60. The predicted molar refractivity (Wildman–Crippen MR) is 115 cm³/mol. The second kappa shape index (κ2) is 8.29. The number of aromatic amines is 1. The molecule has 3 N–H and O–H groups in total. The Hall–Kier alpha value is -2.79. The summed E-state index contributed by atoms with van der Waals surface area (Å²) in [6.07, 6.45) is 0. The third kappa shape index (κ3) is 4.62. The van der Waals surface area contributed by atoms with Crippen molar-refractivity contribution in [2.45, 2.75) is 11.4 Å². The molecule has 0 saturated heterocycles. The van der Waals surface area contributed by atoms with E-state index in [2.05, 4.69) is 20.2 Å². The van der Waals surface area contributed by atoms with Crippen LogP contribution in [0.1, 0.15) is 15.2 Å². The highest BCUT2D eigenvalue weighted by molar-refractivity contribution is 7.89. The van der Waals surface area contributed by atoms with Crippen LogP contribution in [0.25, 0.3) is 10.6 Å². The molecule has 0 bridgehead atoms. The van der Waals surface area contributed by atoms with Crippen LogP contribution in [0.2, 0.25) is 0 Å². The van der Waals surface area contributed by atoms with E-state index in [0.717, 1.165) is 15.4 Å². The SMILES string of the molecule is O=C(Nc1cc(-c2cccs2)[nH]n1)c1cccc(S(=O)(=O)NCc2cccs2)c1. The summed E-state index contributed by atoms with van der Waals surface area (Å²) >= 11 is 3.02. The highest BCUT2D eigenvalue weighted by Crippen LogP contribution is 2.24. The molecular formula is C19H16N4O3S3. The summed E-state index contributed by atoms with van der Waals surface area (Å²) in [6, 6.07) is 15.2. The van der Waals surface area contributed by atoms with Crippen LogP contribution in [0.15, 0.2) is 70.3 Å². The highest BCUT2D eigenvalue weighted by Gasteiger charge is 2.17. The molecular weight excluding hydrogens is 428 g/mol. The van der Waals surface area contributed by atoms with Crippen molar-refractivity contribution in [3.05, 3.63) is 75.8 Å². The Labute approximate surface area is 175 Å². The third-order valence-electron chi connectivity index (χ3n) is 4.03. The van der Waals surface area contributed by atoms with E-state index < -0.39 is 15.9 Å². The Kier molecular flexibility index (Phi) is 5.58. The molecule has 0 fully saturated rings. The maximum atomic E-state index is 12.6. The maximum Gasteiger partial charge on any atom is 0.256 e. The Morgan fingerprint density at radius 3 is 2.62 bits per heavy atom. The van der Waals surface area contributed by atoms with Crippen LogP contribution in [0.3, 0.4) is 0 Å². The van der Waals surface area contributed by atoms with E-state index in [4.69, 9.17) is 0 Å². The lowest BCUT2D eigenvalue weighted by molar-refractivity contribution is 0.102. The number of hydrogen-bond donors (Lipinski definition) is 3. The Bertz CT molecular complexity index is 1210. The van der Waals surface area contributed by atoms with Crippen molar-refractivity contribution < 1.29 is 13.2 Å². The summed E-state index contributed by atoms with van der Waals surface area (Å²) in [5.74, 6) is -0.0768. The summed E-state index contributed by atoms with van der Waals surface area (Å²) in [5, 5.41) is 13.5. The zero-order valence-corrected chi connectivity index (χ0v) is 17.4. The molecule has 29 heavy (non-hydrogen) atoms. The number of carbonyl (C=O) groups is 1. The molecule has 1 aromatic carbocycles. The molecule has 3 aromatic heterocycles. The molecule has 0 aliphatic rings. The average molecular weight is 445 g/mol. The van der Waals surface area contributed by atoms with Crippen molar-refractivity contribution >= 4 is 44.4 Å². The van der Waals surface area contributed by atoms with Gasteiger partial charge in [-0.2, -0.15) is 5.10 Å². The standard InChI is InChI=1S/C19H16N4O3S3/c24-19(21-18-11-16(22-23-18)17-7-3-9-28-17)13-4-1-6-15(10-13)29(25,26)20-12-14-5-2-8-27-14/h1-11,20H,12H2,(H2,21,22,23,24). The van der Waals surface area contributed by atoms with Crippen LogP contribution in [-0.4, -0.2) is 24.5 Å². The van der Waals surface area contributed by atoms with Gasteiger partial charge in [-0.3, -0.25) is 9.89 Å². The van der Waals surface area contributed by atoms with E-state index in [1.807, 2.05) is 35.0 Å². The van der Waals surface area contributed by atoms with E-state index in [-0.39, 0.29) is 17.0 Å². The number of benzene rings is 1. The molecule has 4 aromatic rings. The first-order valence-corrected chi connectivity index (χ1v) is 11.8. The van der Waals surface area contributed by atoms with Crippen molar-refractivity contribution in [1.82, 2.24) is 14.9 Å². The molecule has 0 aliphatic carbocycles. The largest absolute Gasteiger partial charge is 0.305 e. The zero-order chi connectivity index (χ0) is 20.3. The average Bonchev–Trinajstić information content (AvgIpc) is 3.48. The lowest BCUT2D eigenvalue weighted by atomic mass is 10.2. The van der Waals surface area contributed by atoms with Gasteiger partial charge in [0.2, 0.25) is 10.0 Å². The number of aromatic nitrogens is 2. The van der Waals surface area contributed by atoms with Crippen LogP contribution >= 0.6 is 22.7 Å². The molecule has 0 unspecified atom stereocenters. The van der Waals surface area contributed by atoms with Gasteiger partial charge in [0, 0.05) is 23.1 Å². The number of rotatable bonds is 7. The number of nitrogens with zero attached hydrogens (tertiary/aromatic N) is 1. The van der Waals surface area contributed by atoms with Gasteiger partial charge in [-0.15, -0.1) is 22.7 Å². The third-order valence-corrected chi connectivity index (χ3v) is 7.21. The van der Waals surface area contributed by atoms with Crippen LogP contribution in [0.5, 0.6) is 0 Å². The zero-order valence-electron chi connectivity index (χ0n) is 15.0. The topological polar surface area (TPSA) is 104 Å². The predicted octanol–water partition coefficient (Wildman–Crippen LogP) is 3.93. The Morgan fingerprint density at radius 1 is 1.03 bits per heavy atom. The normalized spacial score (nSPS) is 11.4. The van der Waals surface area contributed by atoms with Gasteiger partial charge in [-0.05, 0) is 41.1 Å². The Balaban J connectivity index is 1.47. The monoisotopic (exact) mass is 444 g/mol. The van der Waals surface area contributed by atoms with Crippen LogP contribution in [-0.2, 0) is 16.6 Å². The molecule has 7 nitrogen and oxygen atoms in total. The highest BCUT2D eigenvalue weighted by atomic mass is 32.2. The maximum absolute atomic E-state index is 12.6. The van der Waals surface area contributed by atoms with Gasteiger partial charge in [0.25, 0.3) is 5.91 Å². The number of nitrogens with one attached hydrogen (secondary N) is 3. The van der Waals surface area contributed by atoms with Crippen LogP contribution < -0.4 is 10.0 Å². The Morgan fingerprint density at radius 2 is 1.86 bits per heavy atom. The molecule has 0 aliphatic heterocycles. The second-order valence-corrected chi connectivity index (χ2v) is 9.78. The number of anilines is 1. The number of H-pyrrole nitrogens is 1. The van der Waals surface area contributed by atoms with Gasteiger partial charge in [0.05, 0.1) is 15.5 Å². The molecule has 0 radical (unpaired) electrons. The summed E-state index contributed by atoms with van der Waals surface area (Å²) < 4.78 is 27.6. The van der Waals surface area contributed by atoms with Gasteiger partial charge in [-0.1, -0.05) is 18.2 Å². The first-order chi connectivity index (χ1) is 14.0. The second-order valence-electron chi connectivity index (χ2n) is 6.03. The number of amides is 1. The van der Waals surface area contributed by atoms with Gasteiger partial charge in [0.15, 0.2) is 5.82 Å². The molecule has 10 heteroatoms. The number of sulfonamides is 1. The van der Waals surface area contributed by atoms with Crippen molar-refractivity contribution in [2.24, 2.45) is 0 Å². The lowest BCUT2D eigenvalue weighted by Gasteiger charge is -2.08. The molecule has 1 amide bonds. The first-order valence-electron chi connectivity index (χ1n) is 8.54. The minimum atomic E-state index is -3.73. The fraction of sp³-hybridized carbons (Fsp3) is 0.0526. The van der Waals surface area contributed by atoms with Crippen molar-refractivity contribution in [3.63, 3.8) is 0 Å². The van der Waals surface area contributed by atoms with Crippen molar-refractivity contribution in [3.8, 4) is 10.6 Å². The van der Waals surface area contributed by atoms with E-state index in [9.17, 15) is 13.2 Å². The molecule has 3 heterocycles. The molecule has 148 valence electrons. The van der Waals surface area contributed by atoms with E-state index in [0.29, 0.717) is 5.82 Å². The van der Waals surface area contributed by atoms with Crippen molar-refractivity contribution in [1.29, 1.82) is 0 Å². The number of thiophene rings is 2. The quantitative estimate of drug-likeness (QED) is 0.402. The van der Waals surface area contributed by atoms with Gasteiger partial charge in [-0.25, -0.2) is 13.1 Å². The summed E-state index contributed by atoms with van der Waals surface area (Å²) in [5.41, 5.74) is 1.02. The molecule has 0 spiro atoms. The van der Waals surface area contributed by atoms with Gasteiger partial charge in [0.1, 0.15) is 0 Å². The van der Waals surface area contributed by atoms with Crippen LogP contribution in [0.4, 0.5) is 5.82 Å². The fourth-order valence-corrected chi connectivity index (χ4v) is 5.08. The molecule has 0 atom stereocenters. The minimum Gasteiger partial charge on any atom is -0.305 e. The smallest absolute Gasteiger partial charge is 0.256 e. The van der Waals surface area contributed by atoms with Crippen molar-refractivity contribution in [2.75, 3.05) is 5.32 Å². The summed E-state index contributed by atoms with van der Waals surface area (Å²) in [6.45, 7) is 0.204. The van der Waals surface area contributed by atoms with E-state index >= 15 is 0 Å². The number of carbonyl (C=O) groups excluding carboxylic acids is 1. The number of hydrogen-bond acceptors (Lipinski definition) is 6. The van der Waals surface area contributed by atoms with Gasteiger partial charge >= 0.3 is 0 Å². The first kappa shape index (κ1) is 19.5.